The van der Waals surface area contributed by atoms with Crippen LogP contribution < -0.4 is 9.62 Å². The molecule has 1 unspecified atom stereocenters. The maximum absolute atomic E-state index is 14.8. The molecule has 0 aliphatic rings. The second-order valence-corrected chi connectivity index (χ2v) is 11.3. The number of halogens is 1. The maximum atomic E-state index is 14.8. The summed E-state index contributed by atoms with van der Waals surface area (Å²) in [5.41, 5.74) is 2.40. The average Bonchev–Trinajstić information content (AvgIpc) is 2.93. The number of aryl methyl sites for hydroxylation is 1. The Hall–Kier alpha value is -3.72. The van der Waals surface area contributed by atoms with Crippen LogP contribution in [-0.4, -0.2) is 50.5 Å². The second kappa shape index (κ2) is 13.9. The molecular formula is C30H36FN3O4S. The van der Waals surface area contributed by atoms with E-state index in [0.717, 1.165) is 28.1 Å². The zero-order chi connectivity index (χ0) is 28.4. The summed E-state index contributed by atoms with van der Waals surface area (Å²) in [5, 5.41) is 2.86. The number of carbonyl (C=O) groups excluding carboxylic acids is 2. The van der Waals surface area contributed by atoms with Crippen LogP contribution in [0.25, 0.3) is 0 Å². The first-order chi connectivity index (χ1) is 18.6. The van der Waals surface area contributed by atoms with Gasteiger partial charge in [0.15, 0.2) is 0 Å². The zero-order valence-electron chi connectivity index (χ0n) is 22.6. The predicted molar refractivity (Wildman–Crippen MR) is 152 cm³/mol. The topological polar surface area (TPSA) is 86.8 Å². The normalized spacial score (nSPS) is 12.0. The predicted octanol–water partition coefficient (Wildman–Crippen LogP) is 4.32. The zero-order valence-corrected chi connectivity index (χ0v) is 23.5. The summed E-state index contributed by atoms with van der Waals surface area (Å²) in [4.78, 5) is 28.6. The van der Waals surface area contributed by atoms with Crippen LogP contribution in [0.3, 0.4) is 0 Å². The van der Waals surface area contributed by atoms with Gasteiger partial charge in [-0.1, -0.05) is 74.5 Å². The molecule has 9 heteroatoms. The minimum Gasteiger partial charge on any atom is -0.354 e. The van der Waals surface area contributed by atoms with Gasteiger partial charge in [-0.3, -0.25) is 13.9 Å². The number of sulfonamides is 1. The van der Waals surface area contributed by atoms with Crippen molar-refractivity contribution in [2.45, 2.75) is 45.7 Å². The molecule has 0 saturated heterocycles. The average molecular weight is 554 g/mol. The molecule has 0 saturated carbocycles. The van der Waals surface area contributed by atoms with Gasteiger partial charge in [0.05, 0.1) is 11.9 Å². The summed E-state index contributed by atoms with van der Waals surface area (Å²) < 4.78 is 41.4. The first-order valence-corrected chi connectivity index (χ1v) is 14.9. The molecule has 1 atom stereocenters. The fraction of sp³-hybridized carbons (Fsp3) is 0.333. The number of carbonyl (C=O) groups is 2. The summed E-state index contributed by atoms with van der Waals surface area (Å²) in [6.07, 6.45) is 2.69. The monoisotopic (exact) mass is 553 g/mol. The molecule has 0 heterocycles. The van der Waals surface area contributed by atoms with Gasteiger partial charge in [-0.15, -0.1) is 0 Å². The highest BCUT2D eigenvalue weighted by Gasteiger charge is 2.33. The fourth-order valence-electron chi connectivity index (χ4n) is 4.24. The molecule has 39 heavy (non-hydrogen) atoms. The molecule has 1 N–H and O–H groups in total. The van der Waals surface area contributed by atoms with E-state index in [1.807, 2.05) is 56.3 Å². The van der Waals surface area contributed by atoms with Crippen LogP contribution in [0.2, 0.25) is 0 Å². The first kappa shape index (κ1) is 29.8. The Bertz CT molecular complexity index is 1350. The van der Waals surface area contributed by atoms with E-state index in [4.69, 9.17) is 0 Å². The molecule has 2 amide bonds. The van der Waals surface area contributed by atoms with E-state index < -0.39 is 34.3 Å². The lowest BCUT2D eigenvalue weighted by molar-refractivity contribution is -0.140. The molecule has 7 nitrogen and oxygen atoms in total. The highest BCUT2D eigenvalue weighted by molar-refractivity contribution is 7.92. The number of nitrogens with zero attached hydrogens (tertiary/aromatic N) is 2. The SMILES string of the molecule is CCCNC(=O)C(Cc1ccccc1)N(Cc1ccccc1F)C(=O)CN(c1ccc(CC)cc1)S(C)(=O)=O. The Labute approximate surface area is 230 Å². The Balaban J connectivity index is 2.04. The molecule has 0 aromatic heterocycles. The van der Waals surface area contributed by atoms with Crippen molar-refractivity contribution in [3.05, 3.63) is 101 Å². The van der Waals surface area contributed by atoms with E-state index in [-0.39, 0.29) is 24.4 Å². The molecule has 0 bridgehead atoms. The third-order valence-corrected chi connectivity index (χ3v) is 7.57. The Morgan fingerprint density at radius 3 is 2.13 bits per heavy atom. The van der Waals surface area contributed by atoms with Crippen molar-refractivity contribution >= 4 is 27.5 Å². The maximum Gasteiger partial charge on any atom is 0.244 e. The highest BCUT2D eigenvalue weighted by atomic mass is 32.2. The largest absolute Gasteiger partial charge is 0.354 e. The molecule has 0 aliphatic heterocycles. The van der Waals surface area contributed by atoms with Gasteiger partial charge < -0.3 is 10.2 Å². The van der Waals surface area contributed by atoms with Gasteiger partial charge in [0, 0.05) is 25.1 Å². The summed E-state index contributed by atoms with van der Waals surface area (Å²) in [7, 11) is -3.85. The summed E-state index contributed by atoms with van der Waals surface area (Å²) in [6.45, 7) is 3.58. The molecule has 0 fully saturated rings. The molecule has 0 spiro atoms. The minimum absolute atomic E-state index is 0.181. The standard InChI is InChI=1S/C30H36FN3O4S/c1-4-19-32-30(36)28(20-24-11-7-6-8-12-24)33(21-25-13-9-10-14-27(25)31)29(35)22-34(39(3,37)38)26-17-15-23(5-2)16-18-26/h6-18,28H,4-5,19-22H2,1-3H3,(H,32,36). The van der Waals surface area contributed by atoms with Gasteiger partial charge in [-0.05, 0) is 42.2 Å². The van der Waals surface area contributed by atoms with Crippen LogP contribution in [0, 0.1) is 5.82 Å². The van der Waals surface area contributed by atoms with Crippen LogP contribution in [0.15, 0.2) is 78.9 Å². The molecule has 0 radical (unpaired) electrons. The second-order valence-electron chi connectivity index (χ2n) is 9.40. The number of hydrogen-bond donors (Lipinski definition) is 1. The van der Waals surface area contributed by atoms with Crippen molar-refractivity contribution in [2.24, 2.45) is 0 Å². The fourth-order valence-corrected chi connectivity index (χ4v) is 5.09. The van der Waals surface area contributed by atoms with E-state index in [1.54, 1.807) is 30.3 Å². The number of rotatable bonds is 13. The third-order valence-electron chi connectivity index (χ3n) is 6.43. The lowest BCUT2D eigenvalue weighted by Crippen LogP contribution is -2.53. The van der Waals surface area contributed by atoms with Crippen LogP contribution in [0.5, 0.6) is 0 Å². The van der Waals surface area contributed by atoms with Crippen LogP contribution in [-0.2, 0) is 39.0 Å². The van der Waals surface area contributed by atoms with Crippen molar-refractivity contribution in [2.75, 3.05) is 23.7 Å². The van der Waals surface area contributed by atoms with Crippen molar-refractivity contribution in [3.63, 3.8) is 0 Å². The minimum atomic E-state index is -3.85. The van der Waals surface area contributed by atoms with Crippen molar-refractivity contribution < 1.29 is 22.4 Å². The molecule has 3 rings (SSSR count). The highest BCUT2D eigenvalue weighted by Crippen LogP contribution is 2.22. The summed E-state index contributed by atoms with van der Waals surface area (Å²) in [6, 6.07) is 21.2. The quantitative estimate of drug-likeness (QED) is 0.342. The van der Waals surface area contributed by atoms with Gasteiger partial charge >= 0.3 is 0 Å². The Morgan fingerprint density at radius 1 is 0.897 bits per heavy atom. The molecule has 3 aromatic rings. The van der Waals surface area contributed by atoms with Gasteiger partial charge in [-0.2, -0.15) is 0 Å². The van der Waals surface area contributed by atoms with Crippen molar-refractivity contribution in [3.8, 4) is 0 Å². The van der Waals surface area contributed by atoms with E-state index in [1.165, 1.54) is 11.0 Å². The van der Waals surface area contributed by atoms with Crippen molar-refractivity contribution in [1.82, 2.24) is 10.2 Å². The van der Waals surface area contributed by atoms with Crippen LogP contribution in [0.1, 0.15) is 37.0 Å². The van der Waals surface area contributed by atoms with Crippen LogP contribution in [0.4, 0.5) is 10.1 Å². The number of amides is 2. The van der Waals surface area contributed by atoms with Crippen molar-refractivity contribution in [1.29, 1.82) is 0 Å². The van der Waals surface area contributed by atoms with Crippen LogP contribution >= 0.6 is 0 Å². The molecular weight excluding hydrogens is 517 g/mol. The van der Waals surface area contributed by atoms with Gasteiger partial charge in [0.25, 0.3) is 0 Å². The number of anilines is 1. The smallest absolute Gasteiger partial charge is 0.244 e. The Kier molecular flexibility index (Phi) is 10.6. The molecule has 0 aliphatic carbocycles. The van der Waals surface area contributed by atoms with E-state index in [0.29, 0.717) is 18.7 Å². The van der Waals surface area contributed by atoms with E-state index >= 15 is 0 Å². The molecule has 3 aromatic carbocycles. The molecule has 208 valence electrons. The summed E-state index contributed by atoms with van der Waals surface area (Å²) in [5.74, 6) is -1.52. The van der Waals surface area contributed by atoms with Gasteiger partial charge in [0.2, 0.25) is 21.8 Å². The van der Waals surface area contributed by atoms with Gasteiger partial charge in [0.1, 0.15) is 18.4 Å². The van der Waals surface area contributed by atoms with E-state index in [9.17, 15) is 22.4 Å². The lowest BCUT2D eigenvalue weighted by atomic mass is 10.0. The number of benzene rings is 3. The van der Waals surface area contributed by atoms with E-state index in [2.05, 4.69) is 5.32 Å². The van der Waals surface area contributed by atoms with Gasteiger partial charge in [-0.25, -0.2) is 12.8 Å². The first-order valence-electron chi connectivity index (χ1n) is 13.0. The Morgan fingerprint density at radius 2 is 1.54 bits per heavy atom. The lowest BCUT2D eigenvalue weighted by Gasteiger charge is -2.33. The number of nitrogens with one attached hydrogen (secondary N) is 1. The number of hydrogen-bond acceptors (Lipinski definition) is 4. The summed E-state index contributed by atoms with van der Waals surface area (Å²) >= 11 is 0. The third kappa shape index (κ3) is 8.38.